The third kappa shape index (κ3) is 21.6. The van der Waals surface area contributed by atoms with Crippen LogP contribution >= 0.6 is 28.3 Å². The van der Waals surface area contributed by atoms with E-state index in [0.29, 0.717) is 107 Å². The number of hydrogen-bond donors (Lipinski definition) is 9. The Morgan fingerprint density at radius 1 is 0.465 bits per heavy atom. The van der Waals surface area contributed by atoms with Crippen molar-refractivity contribution in [2.75, 3.05) is 30.4 Å². The number of nitrogens with two attached hydrogens (primary N) is 6. The van der Waals surface area contributed by atoms with Crippen molar-refractivity contribution in [2.45, 2.75) is 72.6 Å². The maximum Gasteiger partial charge on any atom is 1.00 e. The summed E-state index contributed by atoms with van der Waals surface area (Å²) in [5.74, 6) is 1.28. The Morgan fingerprint density at radius 3 is 1.21 bits per heavy atom. The summed E-state index contributed by atoms with van der Waals surface area (Å²) in [5.41, 5.74) is 48.4. The second-order valence-electron chi connectivity index (χ2n) is 22.1. The van der Waals surface area contributed by atoms with E-state index in [4.69, 9.17) is 86.8 Å². The van der Waals surface area contributed by atoms with Crippen LogP contribution in [0.1, 0.15) is 63.9 Å². The molecule has 520 valence electrons. The van der Waals surface area contributed by atoms with Crippen molar-refractivity contribution in [1.29, 1.82) is 0 Å². The Kier molecular flexibility index (Phi) is 30.8. The fraction of sp³-hybridized carbons (Fsp3) is 0.178. The maximum absolute atomic E-state index is 11.9. The molecule has 12 rings (SSSR count). The summed E-state index contributed by atoms with van der Waals surface area (Å²) < 4.78 is 44.9. The first kappa shape index (κ1) is 79.8. The molecule has 0 fully saturated rings. The maximum atomic E-state index is 11.9. The molecule has 0 saturated carbocycles. The summed E-state index contributed by atoms with van der Waals surface area (Å²) in [6, 6.07) is 56.2. The standard InChI is InChI=1S/C25H25N3O4.C23H21N3O4.C18H17BrN2O4.C7H10BNO2.ClH.Li.H2O/c1-2-30-23(29)13-19-7-3-4-9-22(19)31-15-17-11-20(18-8-5-6-16(10-18)14-26)24-21(12-17)25(27)28-32-24;24-12-14-4-3-6-16(8-14)18-9-15(10-19-22(18)30-26-23(19)25)13-29-20-7-2-1-5-17(20)11-21(27)28;1-2-23-16(22)9-12-5-3-4-6-15(12)24-10-11-7-13-17(14(19)8-11)25-21-18(13)20;9-5-6-2-1-3-7(4-6)8(10)11;;;/h3-12H,2,13-15,26H2,1H3,(H2,27,28);1-10H,11-13,24H2,(H2,25,26)(H,27,28);3-8H,2,9-10H2,1H3,(H2,20,21);1-4,10-11H,5,9H2;1H;;1H2/q;;;;;+1;/p-1. The molecule has 24 nitrogen and oxygen atoms in total. The molecular weight excluding hydrogens is 1380 g/mol. The van der Waals surface area contributed by atoms with Crippen molar-refractivity contribution in [3.63, 3.8) is 0 Å². The number of carbonyl (C=O) groups excluding carboxylic acids is 2. The van der Waals surface area contributed by atoms with Crippen LogP contribution in [0.15, 0.2) is 200 Å². The minimum Gasteiger partial charge on any atom is -0.870 e. The number of aromatic nitrogens is 3. The average molecular weight is 1450 g/mol. The number of para-hydroxylation sites is 3. The minimum absolute atomic E-state index is 0. The van der Waals surface area contributed by atoms with Gasteiger partial charge in [-0.15, -0.1) is 12.4 Å². The van der Waals surface area contributed by atoms with E-state index in [-0.39, 0.29) is 81.2 Å². The molecule has 0 spiro atoms. The molecule has 0 amide bonds. The molecule has 3 aromatic heterocycles. The Labute approximate surface area is 608 Å². The van der Waals surface area contributed by atoms with Gasteiger partial charge >= 0.3 is 43.9 Å². The number of anilines is 3. The molecule has 0 radical (unpaired) electrons. The number of carboxylic acid groups (broad SMARTS) is 1. The van der Waals surface area contributed by atoms with Gasteiger partial charge in [0.05, 0.1) is 53.1 Å². The van der Waals surface area contributed by atoms with Crippen LogP contribution in [0.4, 0.5) is 17.5 Å². The monoisotopic (exact) mass is 1450 g/mol. The molecular formula is C73H75BBrClLiN9O15. The van der Waals surface area contributed by atoms with Crippen LogP contribution in [0, 0.1) is 0 Å². The molecule has 0 aliphatic rings. The first-order valence-corrected chi connectivity index (χ1v) is 31.8. The summed E-state index contributed by atoms with van der Waals surface area (Å²) in [4.78, 5) is 34.8. The van der Waals surface area contributed by atoms with Gasteiger partial charge in [-0.2, -0.15) is 0 Å². The van der Waals surface area contributed by atoms with E-state index in [2.05, 4.69) is 31.4 Å². The van der Waals surface area contributed by atoms with Crippen molar-refractivity contribution < 1.29 is 91.1 Å². The number of aliphatic carboxylic acids is 1. The minimum atomic E-state index is -1.40. The molecule has 0 atom stereocenters. The van der Waals surface area contributed by atoms with Crippen LogP contribution < -0.4 is 72.9 Å². The zero-order valence-electron chi connectivity index (χ0n) is 55.5. The zero-order valence-corrected chi connectivity index (χ0v) is 58.0. The Balaban J connectivity index is 0.000000219. The van der Waals surface area contributed by atoms with Gasteiger partial charge < -0.3 is 92.3 Å². The number of carboxylic acids is 1. The number of ether oxygens (including phenoxy) is 5. The van der Waals surface area contributed by atoms with Crippen LogP contribution in [-0.4, -0.2) is 74.3 Å². The number of carbonyl (C=O) groups is 3. The van der Waals surface area contributed by atoms with Gasteiger partial charge in [0.15, 0.2) is 34.2 Å². The summed E-state index contributed by atoms with van der Waals surface area (Å²) in [6.45, 7) is 6.39. The predicted molar refractivity (Wildman–Crippen MR) is 387 cm³/mol. The number of nitrogen functional groups attached to an aromatic ring is 3. The molecule has 0 aliphatic heterocycles. The van der Waals surface area contributed by atoms with Crippen molar-refractivity contribution >= 4 is 109 Å². The van der Waals surface area contributed by atoms with Crippen molar-refractivity contribution in [3.05, 3.63) is 237 Å². The molecule has 16 N–H and O–H groups in total. The van der Waals surface area contributed by atoms with Gasteiger partial charge in [0.25, 0.3) is 0 Å². The second-order valence-corrected chi connectivity index (χ2v) is 22.9. The van der Waals surface area contributed by atoms with E-state index in [0.717, 1.165) is 82.0 Å². The second kappa shape index (κ2) is 39.0. The molecule has 0 aliphatic carbocycles. The van der Waals surface area contributed by atoms with Crippen LogP contribution in [0.25, 0.3) is 55.2 Å². The van der Waals surface area contributed by atoms with Crippen LogP contribution in [0.2, 0.25) is 0 Å². The van der Waals surface area contributed by atoms with E-state index in [9.17, 15) is 14.4 Å². The van der Waals surface area contributed by atoms with Crippen molar-refractivity contribution in [2.24, 2.45) is 17.2 Å². The summed E-state index contributed by atoms with van der Waals surface area (Å²) in [7, 11) is -1.40. The largest absolute Gasteiger partial charge is 1.00 e. The quantitative estimate of drug-likeness (QED) is 0.0217. The topological polar surface area (TPSA) is 422 Å². The predicted octanol–water partition coefficient (Wildman–Crippen LogP) is 7.89. The number of benzene rings is 9. The molecule has 12 aromatic rings. The SMILES string of the molecule is CCOC(=O)Cc1ccccc1OCc1cc(-c2cccc(CN)c2)c2onc(N)c2c1.CCOC(=O)Cc1ccccc1OCc1cc(Br)c2onc(N)c2c1.Cl.NCc1cccc(-c2cc(COc3ccccc3CC(=O)O)cc3c(N)noc23)c1.NCc1cccc(B(O)O)c1.[Li+].[OH-]. The summed E-state index contributed by atoms with van der Waals surface area (Å²) in [5, 5.41) is 40.4. The Hall–Kier alpha value is -10.2. The van der Waals surface area contributed by atoms with Gasteiger partial charge in [0.2, 0.25) is 0 Å². The number of esters is 2. The number of rotatable bonds is 23. The fourth-order valence-corrected chi connectivity index (χ4v) is 10.9. The average Bonchev–Trinajstić information content (AvgIpc) is 1.71. The fourth-order valence-electron chi connectivity index (χ4n) is 10.4. The third-order valence-electron chi connectivity index (χ3n) is 15.1. The van der Waals surface area contributed by atoms with Crippen LogP contribution in [0.5, 0.6) is 17.2 Å². The van der Waals surface area contributed by atoms with Gasteiger partial charge in [0, 0.05) is 47.5 Å². The molecule has 0 saturated heterocycles. The number of nitrogens with zero attached hydrogens (tertiary/aromatic N) is 3. The summed E-state index contributed by atoms with van der Waals surface area (Å²) in [6.07, 6.45) is 0.217. The molecule has 28 heteroatoms. The van der Waals surface area contributed by atoms with Crippen molar-refractivity contribution in [1.82, 2.24) is 15.5 Å². The molecule has 9 aromatic carbocycles. The molecule has 101 heavy (non-hydrogen) atoms. The summed E-state index contributed by atoms with van der Waals surface area (Å²) >= 11 is 3.45. The third-order valence-corrected chi connectivity index (χ3v) is 15.7. The first-order valence-electron chi connectivity index (χ1n) is 31.0. The van der Waals surface area contributed by atoms with Gasteiger partial charge in [-0.1, -0.05) is 131 Å². The van der Waals surface area contributed by atoms with Gasteiger partial charge in [0.1, 0.15) is 37.1 Å². The van der Waals surface area contributed by atoms with Gasteiger partial charge in [-0.25, -0.2) is 0 Å². The van der Waals surface area contributed by atoms with E-state index >= 15 is 0 Å². The number of hydrogen-bond acceptors (Lipinski definition) is 23. The molecule has 0 bridgehead atoms. The smallest absolute Gasteiger partial charge is 0.870 e. The number of fused-ring (bicyclic) bond motifs is 3. The normalized spacial score (nSPS) is 10.5. The van der Waals surface area contributed by atoms with Crippen LogP contribution in [0.3, 0.4) is 0 Å². The van der Waals surface area contributed by atoms with E-state index in [1.807, 2.05) is 146 Å². The van der Waals surface area contributed by atoms with Gasteiger partial charge in [-0.05, 0) is 146 Å². The van der Waals surface area contributed by atoms with E-state index in [1.165, 1.54) is 0 Å². The zero-order chi connectivity index (χ0) is 69.7. The van der Waals surface area contributed by atoms with Crippen molar-refractivity contribution in [3.8, 4) is 39.5 Å². The molecule has 0 unspecified atom stereocenters. The van der Waals surface area contributed by atoms with E-state index < -0.39 is 13.1 Å². The van der Waals surface area contributed by atoms with E-state index in [1.54, 1.807) is 50.2 Å². The Bertz CT molecular complexity index is 4730. The Morgan fingerprint density at radius 2 is 0.822 bits per heavy atom. The molecule has 3 heterocycles. The number of halogens is 2. The van der Waals surface area contributed by atoms with Gasteiger partial charge in [-0.3, -0.25) is 14.4 Å². The first-order chi connectivity index (χ1) is 47.4. The van der Waals surface area contributed by atoms with Crippen LogP contribution in [-0.2, 0) is 82.6 Å².